The zero-order valence-electron chi connectivity index (χ0n) is 8.16. The van der Waals surface area contributed by atoms with Gasteiger partial charge >= 0.3 is 0 Å². The van der Waals surface area contributed by atoms with Gasteiger partial charge in [-0.25, -0.2) is 0 Å². The first-order valence-corrected chi connectivity index (χ1v) is 4.61. The van der Waals surface area contributed by atoms with Crippen LogP contribution in [0.3, 0.4) is 0 Å². The molecule has 0 saturated heterocycles. The minimum atomic E-state index is -0.226. The topological polar surface area (TPSA) is 53.0 Å². The van der Waals surface area contributed by atoms with Crippen LogP contribution in [0.15, 0.2) is 18.2 Å². The summed E-state index contributed by atoms with van der Waals surface area (Å²) in [5, 5.41) is 9.38. The van der Waals surface area contributed by atoms with Gasteiger partial charge in [0.15, 0.2) is 0 Å². The second-order valence-electron chi connectivity index (χ2n) is 3.12. The van der Waals surface area contributed by atoms with Crippen LogP contribution in [0.1, 0.15) is 6.92 Å². The largest absolute Gasteiger partial charge is 0.397 e. The molecule has 0 amide bonds. The predicted octanol–water partition coefficient (Wildman–Crippen LogP) is 2.27. The number of nitrogens with zero attached hydrogens (tertiary/aromatic N) is 2. The molecular weight excluding hydrogens is 198 g/mol. The molecule has 4 heteroatoms. The highest BCUT2D eigenvalue weighted by atomic mass is 35.5. The van der Waals surface area contributed by atoms with Gasteiger partial charge in [0.05, 0.1) is 17.4 Å². The fourth-order valence-corrected chi connectivity index (χ4v) is 1.28. The number of rotatable bonds is 2. The van der Waals surface area contributed by atoms with Gasteiger partial charge in [0.2, 0.25) is 0 Å². The lowest BCUT2D eigenvalue weighted by Crippen LogP contribution is -2.27. The molecule has 0 aliphatic carbocycles. The summed E-state index contributed by atoms with van der Waals surface area (Å²) >= 11 is 5.84. The van der Waals surface area contributed by atoms with Gasteiger partial charge in [-0.3, -0.25) is 0 Å². The SMILES string of the molecule is CC(C#N)N(C)c1cc(Cl)ccc1N. The molecule has 1 atom stereocenters. The highest BCUT2D eigenvalue weighted by Crippen LogP contribution is 2.26. The Bertz CT molecular complexity index is 370. The van der Waals surface area contributed by atoms with Crippen LogP contribution in [-0.4, -0.2) is 13.1 Å². The summed E-state index contributed by atoms with van der Waals surface area (Å²) in [5.41, 5.74) is 7.18. The Morgan fingerprint density at radius 3 is 2.79 bits per heavy atom. The lowest BCUT2D eigenvalue weighted by atomic mass is 10.2. The van der Waals surface area contributed by atoms with E-state index in [0.717, 1.165) is 5.69 Å². The van der Waals surface area contributed by atoms with Crippen molar-refractivity contribution in [3.8, 4) is 6.07 Å². The van der Waals surface area contributed by atoms with Crippen LogP contribution >= 0.6 is 11.6 Å². The number of hydrogen-bond acceptors (Lipinski definition) is 3. The normalized spacial score (nSPS) is 11.9. The third-order valence-electron chi connectivity index (χ3n) is 2.14. The molecule has 0 saturated carbocycles. The molecule has 0 aliphatic rings. The summed E-state index contributed by atoms with van der Waals surface area (Å²) in [6.45, 7) is 1.81. The van der Waals surface area contributed by atoms with Crippen molar-refractivity contribution >= 4 is 23.0 Å². The fourth-order valence-electron chi connectivity index (χ4n) is 1.12. The van der Waals surface area contributed by atoms with Crippen LogP contribution in [0.25, 0.3) is 0 Å². The number of halogens is 1. The predicted molar refractivity (Wildman–Crippen MR) is 59.3 cm³/mol. The van der Waals surface area contributed by atoms with Crippen molar-refractivity contribution in [3.63, 3.8) is 0 Å². The van der Waals surface area contributed by atoms with Crippen LogP contribution in [0, 0.1) is 11.3 Å². The number of nitrogens with two attached hydrogens (primary N) is 1. The first-order valence-electron chi connectivity index (χ1n) is 4.23. The number of anilines is 2. The summed E-state index contributed by atoms with van der Waals surface area (Å²) in [6, 6.07) is 7.13. The standard InChI is InChI=1S/C10H12ClN3/c1-7(6-12)14(2)10-5-8(11)3-4-9(10)13/h3-5,7H,13H2,1-2H3. The van der Waals surface area contributed by atoms with E-state index in [2.05, 4.69) is 6.07 Å². The van der Waals surface area contributed by atoms with E-state index in [4.69, 9.17) is 22.6 Å². The molecule has 2 N–H and O–H groups in total. The summed E-state index contributed by atoms with van der Waals surface area (Å²) < 4.78 is 0. The average molecular weight is 210 g/mol. The van der Waals surface area contributed by atoms with E-state index in [9.17, 15) is 0 Å². The van der Waals surface area contributed by atoms with Crippen molar-refractivity contribution in [2.75, 3.05) is 17.7 Å². The van der Waals surface area contributed by atoms with E-state index >= 15 is 0 Å². The molecule has 14 heavy (non-hydrogen) atoms. The summed E-state index contributed by atoms with van der Waals surface area (Å²) in [5.74, 6) is 0. The fraction of sp³-hybridized carbons (Fsp3) is 0.300. The first-order chi connectivity index (χ1) is 6.56. The quantitative estimate of drug-likeness (QED) is 0.761. The maximum absolute atomic E-state index is 8.76. The van der Waals surface area contributed by atoms with Gasteiger partial charge in [0.1, 0.15) is 6.04 Å². The summed E-state index contributed by atoms with van der Waals surface area (Å²) in [4.78, 5) is 1.79. The van der Waals surface area contributed by atoms with Gasteiger partial charge < -0.3 is 10.6 Å². The average Bonchev–Trinajstić information content (AvgIpc) is 2.19. The smallest absolute Gasteiger partial charge is 0.113 e. The van der Waals surface area contributed by atoms with Crippen molar-refractivity contribution in [3.05, 3.63) is 23.2 Å². The van der Waals surface area contributed by atoms with E-state index in [1.54, 1.807) is 30.0 Å². The Hall–Kier alpha value is -1.40. The van der Waals surface area contributed by atoms with E-state index in [-0.39, 0.29) is 6.04 Å². The minimum Gasteiger partial charge on any atom is -0.397 e. The van der Waals surface area contributed by atoms with Crippen LogP contribution in [0.2, 0.25) is 5.02 Å². The second kappa shape index (κ2) is 4.21. The first kappa shape index (κ1) is 10.7. The maximum Gasteiger partial charge on any atom is 0.113 e. The minimum absolute atomic E-state index is 0.226. The molecule has 1 aromatic rings. The zero-order valence-corrected chi connectivity index (χ0v) is 8.92. The number of nitriles is 1. The lowest BCUT2D eigenvalue weighted by Gasteiger charge is -2.23. The van der Waals surface area contributed by atoms with E-state index in [1.165, 1.54) is 0 Å². The molecule has 0 spiro atoms. The third kappa shape index (κ3) is 2.09. The monoisotopic (exact) mass is 209 g/mol. The van der Waals surface area contributed by atoms with Gasteiger partial charge in [-0.2, -0.15) is 5.26 Å². The highest BCUT2D eigenvalue weighted by Gasteiger charge is 2.11. The van der Waals surface area contributed by atoms with Crippen molar-refractivity contribution in [1.82, 2.24) is 0 Å². The molecule has 74 valence electrons. The molecule has 1 unspecified atom stereocenters. The van der Waals surface area contributed by atoms with Crippen molar-refractivity contribution in [1.29, 1.82) is 5.26 Å². The molecule has 1 aromatic carbocycles. The van der Waals surface area contributed by atoms with Crippen LogP contribution in [0.4, 0.5) is 11.4 Å². The summed E-state index contributed by atoms with van der Waals surface area (Å²) in [6.07, 6.45) is 0. The Balaban J connectivity index is 3.07. The van der Waals surface area contributed by atoms with Gasteiger partial charge in [0.25, 0.3) is 0 Å². The Morgan fingerprint density at radius 2 is 2.21 bits per heavy atom. The lowest BCUT2D eigenvalue weighted by molar-refractivity contribution is 0.837. The molecule has 0 radical (unpaired) electrons. The van der Waals surface area contributed by atoms with Crippen molar-refractivity contribution < 1.29 is 0 Å². The molecular formula is C10H12ClN3. The number of benzene rings is 1. The van der Waals surface area contributed by atoms with E-state index in [0.29, 0.717) is 10.7 Å². The van der Waals surface area contributed by atoms with Gasteiger partial charge in [-0.05, 0) is 25.1 Å². The van der Waals surface area contributed by atoms with Gasteiger partial charge in [-0.15, -0.1) is 0 Å². The summed E-state index contributed by atoms with van der Waals surface area (Å²) in [7, 11) is 1.82. The maximum atomic E-state index is 8.76. The number of hydrogen-bond donors (Lipinski definition) is 1. The van der Waals surface area contributed by atoms with Gasteiger partial charge in [-0.1, -0.05) is 11.6 Å². The van der Waals surface area contributed by atoms with Crippen LogP contribution < -0.4 is 10.6 Å². The van der Waals surface area contributed by atoms with E-state index < -0.39 is 0 Å². The Morgan fingerprint density at radius 1 is 1.57 bits per heavy atom. The second-order valence-corrected chi connectivity index (χ2v) is 3.56. The van der Waals surface area contributed by atoms with Crippen molar-refractivity contribution in [2.24, 2.45) is 0 Å². The molecule has 3 nitrogen and oxygen atoms in total. The molecule has 0 fully saturated rings. The van der Waals surface area contributed by atoms with E-state index in [1.807, 2.05) is 7.05 Å². The van der Waals surface area contributed by atoms with Crippen LogP contribution in [0.5, 0.6) is 0 Å². The number of nitrogen functional groups attached to an aromatic ring is 1. The molecule has 1 rings (SSSR count). The Kier molecular flexibility index (Phi) is 3.21. The Labute approximate surface area is 88.7 Å². The molecule has 0 bridgehead atoms. The molecule has 0 aliphatic heterocycles. The highest BCUT2D eigenvalue weighted by molar-refractivity contribution is 6.31. The molecule has 0 heterocycles. The molecule has 0 aromatic heterocycles. The van der Waals surface area contributed by atoms with Gasteiger partial charge in [0, 0.05) is 12.1 Å². The third-order valence-corrected chi connectivity index (χ3v) is 2.38. The van der Waals surface area contributed by atoms with Crippen molar-refractivity contribution in [2.45, 2.75) is 13.0 Å². The zero-order chi connectivity index (χ0) is 10.7. The van der Waals surface area contributed by atoms with Crippen LogP contribution in [-0.2, 0) is 0 Å².